The Bertz CT molecular complexity index is 776. The van der Waals surface area contributed by atoms with Gasteiger partial charge in [0.05, 0.1) is 5.56 Å². The Morgan fingerprint density at radius 3 is 2.58 bits per heavy atom. The van der Waals surface area contributed by atoms with Gasteiger partial charge in [-0.15, -0.1) is 11.6 Å². The van der Waals surface area contributed by atoms with Gasteiger partial charge in [0.25, 0.3) is 0 Å². The maximum atomic E-state index is 11.1. The van der Waals surface area contributed by atoms with E-state index in [-0.39, 0.29) is 0 Å². The Kier molecular flexibility index (Phi) is 2.91. The van der Waals surface area contributed by atoms with Crippen LogP contribution in [-0.4, -0.2) is 21.5 Å². The Balaban J connectivity index is 2.41. The van der Waals surface area contributed by atoms with Crippen LogP contribution in [0.3, 0.4) is 0 Å². The van der Waals surface area contributed by atoms with Crippen LogP contribution in [0.15, 0.2) is 42.5 Å². The monoisotopic (exact) mass is 273 g/mol. The van der Waals surface area contributed by atoms with E-state index >= 15 is 0 Å². The molecule has 3 nitrogen and oxygen atoms in total. The van der Waals surface area contributed by atoms with Gasteiger partial charge in [0, 0.05) is 34.2 Å². The number of rotatable bonds is 3. The van der Waals surface area contributed by atoms with Crippen molar-refractivity contribution in [2.45, 2.75) is 6.54 Å². The van der Waals surface area contributed by atoms with Crippen molar-refractivity contribution in [1.82, 2.24) is 4.57 Å². The molecule has 3 aromatic rings. The second-order valence-corrected chi connectivity index (χ2v) is 4.77. The summed E-state index contributed by atoms with van der Waals surface area (Å²) in [6.45, 7) is 0.706. The second-order valence-electron chi connectivity index (χ2n) is 4.39. The minimum atomic E-state index is -0.906. The summed E-state index contributed by atoms with van der Waals surface area (Å²) in [4.78, 5) is 11.1. The van der Waals surface area contributed by atoms with Crippen molar-refractivity contribution in [2.24, 2.45) is 0 Å². The smallest absolute Gasteiger partial charge is 0.335 e. The number of aryl methyl sites for hydroxylation is 1. The summed E-state index contributed by atoms with van der Waals surface area (Å²) in [7, 11) is 0. The van der Waals surface area contributed by atoms with Crippen molar-refractivity contribution in [2.75, 3.05) is 5.88 Å². The Morgan fingerprint density at radius 1 is 1.11 bits per heavy atom. The number of benzene rings is 2. The zero-order valence-corrected chi connectivity index (χ0v) is 10.9. The van der Waals surface area contributed by atoms with E-state index in [2.05, 4.69) is 4.57 Å². The van der Waals surface area contributed by atoms with Crippen molar-refractivity contribution >= 4 is 39.4 Å². The number of fused-ring (bicyclic) bond motifs is 3. The summed E-state index contributed by atoms with van der Waals surface area (Å²) in [6, 6.07) is 13.2. The van der Waals surface area contributed by atoms with Crippen molar-refractivity contribution < 1.29 is 9.90 Å². The van der Waals surface area contributed by atoms with Gasteiger partial charge < -0.3 is 9.67 Å². The molecule has 96 valence electrons. The lowest BCUT2D eigenvalue weighted by molar-refractivity contribution is 0.0697. The van der Waals surface area contributed by atoms with Gasteiger partial charge in [0.1, 0.15) is 0 Å². The number of aromatic nitrogens is 1. The van der Waals surface area contributed by atoms with Gasteiger partial charge in [-0.3, -0.25) is 0 Å². The van der Waals surface area contributed by atoms with E-state index in [1.807, 2.05) is 30.3 Å². The molecule has 1 N–H and O–H groups in total. The highest BCUT2D eigenvalue weighted by molar-refractivity contribution is 6.18. The molecule has 2 aromatic carbocycles. The van der Waals surface area contributed by atoms with Crippen LogP contribution in [0.5, 0.6) is 0 Å². The molecular weight excluding hydrogens is 262 g/mol. The molecule has 0 radical (unpaired) electrons. The molecule has 0 unspecified atom stereocenters. The summed E-state index contributed by atoms with van der Waals surface area (Å²) in [5.41, 5.74) is 2.41. The van der Waals surface area contributed by atoms with Gasteiger partial charge in [0.15, 0.2) is 0 Å². The average molecular weight is 274 g/mol. The average Bonchev–Trinajstić information content (AvgIpc) is 2.74. The summed E-state index contributed by atoms with van der Waals surface area (Å²) in [5.74, 6) is -0.384. The van der Waals surface area contributed by atoms with Gasteiger partial charge in [-0.1, -0.05) is 18.2 Å². The maximum Gasteiger partial charge on any atom is 0.335 e. The van der Waals surface area contributed by atoms with E-state index in [4.69, 9.17) is 16.7 Å². The summed E-state index contributed by atoms with van der Waals surface area (Å²) >= 11 is 5.86. The van der Waals surface area contributed by atoms with E-state index in [1.54, 1.807) is 12.1 Å². The van der Waals surface area contributed by atoms with Crippen LogP contribution in [0, 0.1) is 0 Å². The number of carboxylic acid groups (broad SMARTS) is 1. The lowest BCUT2D eigenvalue weighted by Gasteiger charge is -2.04. The molecule has 0 atom stereocenters. The lowest BCUT2D eigenvalue weighted by Crippen LogP contribution is -1.99. The second kappa shape index (κ2) is 4.59. The normalized spacial score (nSPS) is 11.2. The molecule has 0 aliphatic carbocycles. The van der Waals surface area contributed by atoms with Gasteiger partial charge in [-0.05, 0) is 24.3 Å². The number of halogens is 1. The molecule has 0 fully saturated rings. The van der Waals surface area contributed by atoms with Crippen LogP contribution in [0.4, 0.5) is 0 Å². The van der Waals surface area contributed by atoms with Crippen molar-refractivity contribution in [3.05, 3.63) is 48.0 Å². The summed E-state index contributed by atoms with van der Waals surface area (Å²) in [6.07, 6.45) is 0. The molecular formula is C15H12ClNO2. The molecule has 0 saturated carbocycles. The van der Waals surface area contributed by atoms with Crippen LogP contribution >= 0.6 is 11.6 Å². The number of hydrogen-bond acceptors (Lipinski definition) is 1. The minimum Gasteiger partial charge on any atom is -0.478 e. The van der Waals surface area contributed by atoms with E-state index in [0.717, 1.165) is 21.8 Å². The predicted molar refractivity (Wildman–Crippen MR) is 77.1 cm³/mol. The molecule has 0 bridgehead atoms. The van der Waals surface area contributed by atoms with Gasteiger partial charge in [0.2, 0.25) is 0 Å². The minimum absolute atomic E-state index is 0.307. The first-order valence-corrected chi connectivity index (χ1v) is 6.56. The first kappa shape index (κ1) is 12.1. The molecule has 0 spiro atoms. The van der Waals surface area contributed by atoms with Crippen molar-refractivity contribution in [1.29, 1.82) is 0 Å². The topological polar surface area (TPSA) is 42.2 Å². The third-order valence-electron chi connectivity index (χ3n) is 3.33. The molecule has 19 heavy (non-hydrogen) atoms. The van der Waals surface area contributed by atoms with Crippen LogP contribution in [0.25, 0.3) is 21.8 Å². The van der Waals surface area contributed by atoms with Crippen LogP contribution in [0.2, 0.25) is 0 Å². The van der Waals surface area contributed by atoms with Crippen LogP contribution in [0.1, 0.15) is 10.4 Å². The Morgan fingerprint density at radius 2 is 1.84 bits per heavy atom. The number of nitrogens with zero attached hydrogens (tertiary/aromatic N) is 1. The SMILES string of the molecule is O=C(O)c1ccc2c(c1)c1ccccc1n2CCCl. The largest absolute Gasteiger partial charge is 0.478 e. The van der Waals surface area contributed by atoms with Crippen LogP contribution in [-0.2, 0) is 6.54 Å². The van der Waals surface area contributed by atoms with Crippen LogP contribution < -0.4 is 0 Å². The number of aromatic carboxylic acids is 1. The molecule has 0 aliphatic rings. The third kappa shape index (κ3) is 1.87. The fourth-order valence-electron chi connectivity index (χ4n) is 2.51. The van der Waals surface area contributed by atoms with Crippen molar-refractivity contribution in [3.63, 3.8) is 0 Å². The standard InChI is InChI=1S/C15H12ClNO2/c16-7-8-17-13-4-2-1-3-11(13)12-9-10(15(18)19)5-6-14(12)17/h1-6,9H,7-8H2,(H,18,19). The molecule has 4 heteroatoms. The Labute approximate surface area is 115 Å². The summed E-state index contributed by atoms with van der Waals surface area (Å²) in [5, 5.41) is 11.1. The Hall–Kier alpha value is -2.00. The zero-order valence-electron chi connectivity index (χ0n) is 10.1. The van der Waals surface area contributed by atoms with Gasteiger partial charge >= 0.3 is 5.97 Å². The molecule has 1 heterocycles. The number of alkyl halides is 1. The first-order chi connectivity index (χ1) is 9.22. The molecule has 1 aromatic heterocycles. The highest BCUT2D eigenvalue weighted by Crippen LogP contribution is 2.29. The lowest BCUT2D eigenvalue weighted by atomic mass is 10.1. The number of hydrogen-bond donors (Lipinski definition) is 1. The molecule has 3 rings (SSSR count). The first-order valence-electron chi connectivity index (χ1n) is 6.02. The van der Waals surface area contributed by atoms with Gasteiger partial charge in [-0.2, -0.15) is 0 Å². The van der Waals surface area contributed by atoms with E-state index < -0.39 is 5.97 Å². The molecule has 0 amide bonds. The predicted octanol–water partition coefficient (Wildman–Crippen LogP) is 3.73. The van der Waals surface area contributed by atoms with Crippen molar-refractivity contribution in [3.8, 4) is 0 Å². The fraction of sp³-hybridized carbons (Fsp3) is 0.133. The third-order valence-corrected chi connectivity index (χ3v) is 3.50. The van der Waals surface area contributed by atoms with E-state index in [9.17, 15) is 4.79 Å². The van der Waals surface area contributed by atoms with E-state index in [0.29, 0.717) is 18.0 Å². The highest BCUT2D eigenvalue weighted by atomic mass is 35.5. The number of carbonyl (C=O) groups is 1. The maximum absolute atomic E-state index is 11.1. The fourth-order valence-corrected chi connectivity index (χ4v) is 2.68. The number of para-hydroxylation sites is 1. The quantitative estimate of drug-likeness (QED) is 0.739. The van der Waals surface area contributed by atoms with Gasteiger partial charge in [-0.25, -0.2) is 4.79 Å². The summed E-state index contributed by atoms with van der Waals surface area (Å²) < 4.78 is 2.13. The molecule has 0 saturated heterocycles. The number of carboxylic acids is 1. The highest BCUT2D eigenvalue weighted by Gasteiger charge is 2.12. The zero-order chi connectivity index (χ0) is 13.4. The van der Waals surface area contributed by atoms with E-state index in [1.165, 1.54) is 0 Å². The molecule has 0 aliphatic heterocycles.